The number of halogens is 1. The Bertz CT molecular complexity index is 728. The fourth-order valence-corrected chi connectivity index (χ4v) is 3.08. The third kappa shape index (κ3) is 5.24. The molecule has 1 atom stereocenters. The van der Waals surface area contributed by atoms with E-state index in [1.807, 2.05) is 19.1 Å². The number of nitrogens with one attached hydrogen (secondary N) is 1. The summed E-state index contributed by atoms with van der Waals surface area (Å²) in [5, 5.41) is 3.51. The predicted octanol–water partition coefficient (Wildman–Crippen LogP) is 2.81. The Labute approximate surface area is 158 Å². The molecule has 0 saturated carbocycles. The van der Waals surface area contributed by atoms with E-state index in [4.69, 9.17) is 25.5 Å². The van der Waals surface area contributed by atoms with Crippen LogP contribution in [0.3, 0.4) is 0 Å². The molecule has 1 aliphatic rings. The van der Waals surface area contributed by atoms with Crippen molar-refractivity contribution in [2.24, 2.45) is 0 Å². The van der Waals surface area contributed by atoms with Crippen LogP contribution in [-0.4, -0.2) is 50.3 Å². The molecule has 1 N–H and O–H groups in total. The van der Waals surface area contributed by atoms with Crippen molar-refractivity contribution in [2.75, 3.05) is 39.5 Å². The summed E-state index contributed by atoms with van der Waals surface area (Å²) < 4.78 is 16.7. The molecule has 1 aromatic heterocycles. The number of furan rings is 1. The van der Waals surface area contributed by atoms with Gasteiger partial charge in [-0.3, -0.25) is 9.69 Å². The molecule has 0 bridgehead atoms. The molecule has 26 heavy (non-hydrogen) atoms. The van der Waals surface area contributed by atoms with Gasteiger partial charge in [0.2, 0.25) is 0 Å². The lowest BCUT2D eigenvalue weighted by atomic mass is 10.1. The van der Waals surface area contributed by atoms with Crippen LogP contribution in [0.5, 0.6) is 5.75 Å². The van der Waals surface area contributed by atoms with E-state index in [9.17, 15) is 4.79 Å². The van der Waals surface area contributed by atoms with Gasteiger partial charge >= 0.3 is 0 Å². The maximum atomic E-state index is 12.2. The normalized spacial score (nSPS) is 16.2. The molecule has 0 spiro atoms. The van der Waals surface area contributed by atoms with Gasteiger partial charge in [0, 0.05) is 24.7 Å². The highest BCUT2D eigenvalue weighted by atomic mass is 35.5. The van der Waals surface area contributed by atoms with E-state index in [0.717, 1.165) is 24.6 Å². The quantitative estimate of drug-likeness (QED) is 0.802. The van der Waals surface area contributed by atoms with Crippen molar-refractivity contribution in [1.82, 2.24) is 10.2 Å². The van der Waals surface area contributed by atoms with Crippen LogP contribution in [0.2, 0.25) is 5.02 Å². The van der Waals surface area contributed by atoms with Crippen molar-refractivity contribution in [3.8, 4) is 5.75 Å². The standard InChI is InChI=1S/C19H23ClN2O4/c1-14-5-6-18(26-14)17(22-7-9-24-10-8-22)12-21-19(23)13-25-16-4-2-3-15(20)11-16/h2-6,11,17H,7-10,12-13H2,1H3,(H,21,23). The first-order valence-corrected chi connectivity index (χ1v) is 9.03. The summed E-state index contributed by atoms with van der Waals surface area (Å²) in [7, 11) is 0. The third-order valence-corrected chi connectivity index (χ3v) is 4.47. The average molecular weight is 379 g/mol. The van der Waals surface area contributed by atoms with Crippen LogP contribution < -0.4 is 10.1 Å². The van der Waals surface area contributed by atoms with Crippen molar-refractivity contribution in [3.05, 3.63) is 52.9 Å². The number of aryl methyl sites for hydroxylation is 1. The summed E-state index contributed by atoms with van der Waals surface area (Å²) >= 11 is 5.91. The van der Waals surface area contributed by atoms with E-state index in [-0.39, 0.29) is 18.6 Å². The molecular formula is C19H23ClN2O4. The highest BCUT2D eigenvalue weighted by Gasteiger charge is 2.25. The van der Waals surface area contributed by atoms with Crippen molar-refractivity contribution < 1.29 is 18.7 Å². The summed E-state index contributed by atoms with van der Waals surface area (Å²) in [5.41, 5.74) is 0. The van der Waals surface area contributed by atoms with Gasteiger partial charge in [-0.25, -0.2) is 0 Å². The van der Waals surface area contributed by atoms with Crippen LogP contribution in [0.15, 0.2) is 40.8 Å². The molecule has 6 nitrogen and oxygen atoms in total. The lowest BCUT2D eigenvalue weighted by Gasteiger charge is -2.33. The Morgan fingerprint density at radius 1 is 1.31 bits per heavy atom. The molecular weight excluding hydrogens is 356 g/mol. The molecule has 0 aliphatic carbocycles. The Balaban J connectivity index is 1.55. The van der Waals surface area contributed by atoms with E-state index in [1.54, 1.807) is 24.3 Å². The topological polar surface area (TPSA) is 63.9 Å². The van der Waals surface area contributed by atoms with E-state index in [0.29, 0.717) is 30.5 Å². The lowest BCUT2D eigenvalue weighted by Crippen LogP contribution is -2.44. The van der Waals surface area contributed by atoms with Crippen LogP contribution in [-0.2, 0) is 9.53 Å². The maximum absolute atomic E-state index is 12.2. The van der Waals surface area contributed by atoms with E-state index < -0.39 is 0 Å². The Morgan fingerprint density at radius 3 is 2.81 bits per heavy atom. The maximum Gasteiger partial charge on any atom is 0.258 e. The fraction of sp³-hybridized carbons (Fsp3) is 0.421. The van der Waals surface area contributed by atoms with Crippen molar-refractivity contribution in [3.63, 3.8) is 0 Å². The van der Waals surface area contributed by atoms with Crippen molar-refractivity contribution >= 4 is 17.5 Å². The first-order valence-electron chi connectivity index (χ1n) is 8.65. The number of hydrogen-bond donors (Lipinski definition) is 1. The first-order chi connectivity index (χ1) is 12.6. The summed E-state index contributed by atoms with van der Waals surface area (Å²) in [5.74, 6) is 2.08. The first kappa shape index (κ1) is 18.8. The summed E-state index contributed by atoms with van der Waals surface area (Å²) in [6.07, 6.45) is 0. The zero-order valence-corrected chi connectivity index (χ0v) is 15.5. The van der Waals surface area contributed by atoms with Crippen LogP contribution in [0.25, 0.3) is 0 Å². The van der Waals surface area contributed by atoms with Crippen LogP contribution in [0, 0.1) is 6.92 Å². The minimum atomic E-state index is -0.188. The largest absolute Gasteiger partial charge is 0.484 e. The number of hydrogen-bond acceptors (Lipinski definition) is 5. The molecule has 1 fully saturated rings. The lowest BCUT2D eigenvalue weighted by molar-refractivity contribution is -0.123. The molecule has 2 aromatic rings. The number of amides is 1. The van der Waals surface area contributed by atoms with Gasteiger partial charge in [-0.1, -0.05) is 17.7 Å². The average Bonchev–Trinajstić information content (AvgIpc) is 3.07. The number of nitrogens with zero attached hydrogens (tertiary/aromatic N) is 1. The molecule has 1 saturated heterocycles. The van der Waals surface area contributed by atoms with Gasteiger partial charge in [0.1, 0.15) is 17.3 Å². The van der Waals surface area contributed by atoms with Gasteiger partial charge in [0.05, 0.1) is 19.3 Å². The molecule has 7 heteroatoms. The second-order valence-corrected chi connectivity index (χ2v) is 6.60. The van der Waals surface area contributed by atoms with Crippen LogP contribution >= 0.6 is 11.6 Å². The van der Waals surface area contributed by atoms with E-state index in [2.05, 4.69) is 10.2 Å². The Morgan fingerprint density at radius 2 is 2.12 bits per heavy atom. The molecule has 140 valence electrons. The minimum absolute atomic E-state index is 0.0253. The number of morpholine rings is 1. The summed E-state index contributed by atoms with van der Waals surface area (Å²) in [4.78, 5) is 14.4. The van der Waals surface area contributed by atoms with Crippen LogP contribution in [0.1, 0.15) is 17.6 Å². The molecule has 1 aromatic carbocycles. The number of carbonyl (C=O) groups is 1. The number of benzene rings is 1. The van der Waals surface area contributed by atoms with Crippen molar-refractivity contribution in [1.29, 1.82) is 0 Å². The minimum Gasteiger partial charge on any atom is -0.484 e. The van der Waals surface area contributed by atoms with Gasteiger partial charge in [0.25, 0.3) is 5.91 Å². The molecule has 0 radical (unpaired) electrons. The van der Waals surface area contributed by atoms with Gasteiger partial charge in [-0.05, 0) is 37.3 Å². The SMILES string of the molecule is Cc1ccc(C(CNC(=O)COc2cccc(Cl)c2)N2CCOCC2)o1. The summed E-state index contributed by atoms with van der Waals surface area (Å²) in [6.45, 7) is 5.28. The second-order valence-electron chi connectivity index (χ2n) is 6.16. The highest BCUT2D eigenvalue weighted by molar-refractivity contribution is 6.30. The van der Waals surface area contributed by atoms with Gasteiger partial charge in [-0.2, -0.15) is 0 Å². The second kappa shape index (κ2) is 9.07. The summed E-state index contributed by atoms with van der Waals surface area (Å²) in [6, 6.07) is 10.9. The van der Waals surface area contributed by atoms with Gasteiger partial charge < -0.3 is 19.2 Å². The van der Waals surface area contributed by atoms with Crippen LogP contribution in [0.4, 0.5) is 0 Å². The number of carbonyl (C=O) groups excluding carboxylic acids is 1. The van der Waals surface area contributed by atoms with Gasteiger partial charge in [0.15, 0.2) is 6.61 Å². The fourth-order valence-electron chi connectivity index (χ4n) is 2.90. The number of ether oxygens (including phenoxy) is 2. The molecule has 2 heterocycles. The smallest absolute Gasteiger partial charge is 0.258 e. The highest BCUT2D eigenvalue weighted by Crippen LogP contribution is 2.23. The third-order valence-electron chi connectivity index (χ3n) is 4.23. The number of rotatable bonds is 7. The zero-order chi connectivity index (χ0) is 18.4. The Kier molecular flexibility index (Phi) is 6.55. The predicted molar refractivity (Wildman–Crippen MR) is 98.5 cm³/mol. The molecule has 1 aliphatic heterocycles. The van der Waals surface area contributed by atoms with Crippen molar-refractivity contribution in [2.45, 2.75) is 13.0 Å². The molecule has 1 amide bonds. The molecule has 1 unspecified atom stereocenters. The monoisotopic (exact) mass is 378 g/mol. The van der Waals surface area contributed by atoms with Gasteiger partial charge in [-0.15, -0.1) is 0 Å². The Hall–Kier alpha value is -2.02. The zero-order valence-electron chi connectivity index (χ0n) is 14.7. The van der Waals surface area contributed by atoms with E-state index in [1.165, 1.54) is 0 Å². The van der Waals surface area contributed by atoms with E-state index >= 15 is 0 Å². The molecule has 3 rings (SSSR count).